The molecule has 0 bridgehead atoms. The van der Waals surface area contributed by atoms with Gasteiger partial charge in [-0.1, -0.05) is 6.92 Å². The second-order valence-electron chi connectivity index (χ2n) is 8.15. The second-order valence-corrected chi connectivity index (χ2v) is 8.15. The molecule has 1 saturated heterocycles. The van der Waals surface area contributed by atoms with E-state index < -0.39 is 0 Å². The Morgan fingerprint density at radius 1 is 1.12 bits per heavy atom. The van der Waals surface area contributed by atoms with Crippen molar-refractivity contribution < 1.29 is 14.3 Å². The molecule has 33 heavy (non-hydrogen) atoms. The molecule has 4 rings (SSSR count). The molecule has 7 nitrogen and oxygen atoms in total. The Bertz CT molecular complexity index is 1100. The number of rotatable bonds is 7. The Morgan fingerprint density at radius 3 is 2.67 bits per heavy atom. The standard InChI is InChI=1S/C26H30N4O3/c1-4-7-24-28-17-21(18-11-13-27-14-12-18)25(29-24)22-8-5-6-15-30(22)26(31)20-16-19(32-2)9-10-23(20)33-3/h9-14,16-17,22H,4-8,15H2,1-3H3/t22-/m0/s1. The SMILES string of the molecule is CCCc1ncc(-c2ccncc2)c([C@@H]2CCCCN2C(=O)c2cc(OC)ccc2OC)n1. The van der Waals surface area contributed by atoms with Gasteiger partial charge in [0.15, 0.2) is 0 Å². The van der Waals surface area contributed by atoms with Gasteiger partial charge in [0.2, 0.25) is 0 Å². The number of benzene rings is 1. The zero-order valence-corrected chi connectivity index (χ0v) is 19.5. The smallest absolute Gasteiger partial charge is 0.258 e. The molecule has 1 aliphatic heterocycles. The van der Waals surface area contributed by atoms with Crippen molar-refractivity contribution >= 4 is 5.91 Å². The fraction of sp³-hybridized carbons (Fsp3) is 0.385. The van der Waals surface area contributed by atoms with Gasteiger partial charge in [0, 0.05) is 37.1 Å². The number of carbonyl (C=O) groups is 1. The minimum absolute atomic E-state index is 0.0771. The number of carbonyl (C=O) groups excluding carboxylic acids is 1. The maximum Gasteiger partial charge on any atom is 0.258 e. The molecule has 0 radical (unpaired) electrons. The van der Waals surface area contributed by atoms with Gasteiger partial charge in [0.25, 0.3) is 5.91 Å². The summed E-state index contributed by atoms with van der Waals surface area (Å²) in [5.74, 6) is 1.89. The van der Waals surface area contributed by atoms with Crippen LogP contribution in [0.2, 0.25) is 0 Å². The van der Waals surface area contributed by atoms with Crippen molar-refractivity contribution in [3.8, 4) is 22.6 Å². The number of hydrogen-bond donors (Lipinski definition) is 0. The van der Waals surface area contributed by atoms with E-state index in [-0.39, 0.29) is 11.9 Å². The lowest BCUT2D eigenvalue weighted by Gasteiger charge is -2.36. The number of piperidine rings is 1. The summed E-state index contributed by atoms with van der Waals surface area (Å²) in [5.41, 5.74) is 3.34. The van der Waals surface area contributed by atoms with Gasteiger partial charge in [-0.05, 0) is 61.6 Å². The summed E-state index contributed by atoms with van der Waals surface area (Å²) in [7, 11) is 3.17. The molecule has 1 atom stereocenters. The molecule has 172 valence electrons. The Balaban J connectivity index is 1.79. The third-order valence-electron chi connectivity index (χ3n) is 6.05. The minimum Gasteiger partial charge on any atom is -0.497 e. The van der Waals surface area contributed by atoms with Gasteiger partial charge in [0.1, 0.15) is 17.3 Å². The molecule has 1 aliphatic rings. The Labute approximate surface area is 194 Å². The number of amides is 1. The quantitative estimate of drug-likeness (QED) is 0.515. The van der Waals surface area contributed by atoms with E-state index in [1.807, 2.05) is 23.2 Å². The number of likely N-dealkylation sites (tertiary alicyclic amines) is 1. The van der Waals surface area contributed by atoms with Gasteiger partial charge in [-0.25, -0.2) is 9.97 Å². The van der Waals surface area contributed by atoms with E-state index in [9.17, 15) is 4.79 Å². The van der Waals surface area contributed by atoms with Gasteiger partial charge < -0.3 is 14.4 Å². The van der Waals surface area contributed by atoms with E-state index in [0.29, 0.717) is 23.6 Å². The van der Waals surface area contributed by atoms with Gasteiger partial charge in [0.05, 0.1) is 31.5 Å². The first kappa shape index (κ1) is 22.7. The van der Waals surface area contributed by atoms with Crippen LogP contribution in [0.4, 0.5) is 0 Å². The molecule has 3 aromatic rings. The van der Waals surface area contributed by atoms with E-state index >= 15 is 0 Å². The zero-order valence-electron chi connectivity index (χ0n) is 19.5. The molecular formula is C26H30N4O3. The molecule has 2 aromatic heterocycles. The summed E-state index contributed by atoms with van der Waals surface area (Å²) in [4.78, 5) is 29.5. The number of hydrogen-bond acceptors (Lipinski definition) is 6. The van der Waals surface area contributed by atoms with Crippen molar-refractivity contribution in [3.63, 3.8) is 0 Å². The number of pyridine rings is 1. The molecule has 1 amide bonds. The van der Waals surface area contributed by atoms with Gasteiger partial charge in [-0.2, -0.15) is 0 Å². The average Bonchev–Trinajstić information content (AvgIpc) is 2.88. The molecule has 0 spiro atoms. The maximum absolute atomic E-state index is 13.8. The highest BCUT2D eigenvalue weighted by Crippen LogP contribution is 2.37. The Hall–Kier alpha value is -3.48. The van der Waals surface area contributed by atoms with Crippen LogP contribution in [-0.4, -0.2) is 46.5 Å². The van der Waals surface area contributed by atoms with Crippen LogP contribution < -0.4 is 9.47 Å². The van der Waals surface area contributed by atoms with Gasteiger partial charge in [-0.3, -0.25) is 9.78 Å². The molecule has 7 heteroatoms. The van der Waals surface area contributed by atoms with Crippen LogP contribution in [0.15, 0.2) is 48.9 Å². The third-order valence-corrected chi connectivity index (χ3v) is 6.05. The topological polar surface area (TPSA) is 77.4 Å². The van der Waals surface area contributed by atoms with Crippen molar-refractivity contribution in [3.05, 3.63) is 66.0 Å². The Morgan fingerprint density at radius 2 is 1.94 bits per heavy atom. The minimum atomic E-state index is -0.149. The van der Waals surface area contributed by atoms with Crippen LogP contribution >= 0.6 is 0 Å². The van der Waals surface area contributed by atoms with Crippen LogP contribution in [0.3, 0.4) is 0 Å². The number of aromatic nitrogens is 3. The fourth-order valence-electron chi connectivity index (χ4n) is 4.38. The van der Waals surface area contributed by atoms with E-state index in [1.54, 1.807) is 44.8 Å². The lowest BCUT2D eigenvalue weighted by atomic mass is 9.93. The Kier molecular flexibility index (Phi) is 7.17. The van der Waals surface area contributed by atoms with Crippen LogP contribution in [0.25, 0.3) is 11.1 Å². The van der Waals surface area contributed by atoms with Crippen molar-refractivity contribution in [2.24, 2.45) is 0 Å². The lowest BCUT2D eigenvalue weighted by molar-refractivity contribution is 0.0602. The van der Waals surface area contributed by atoms with Crippen molar-refractivity contribution in [1.82, 2.24) is 19.9 Å². The average molecular weight is 447 g/mol. The second kappa shape index (κ2) is 10.4. The van der Waals surface area contributed by atoms with Gasteiger partial charge >= 0.3 is 0 Å². The molecule has 0 N–H and O–H groups in total. The van der Waals surface area contributed by atoms with Crippen LogP contribution in [0, 0.1) is 0 Å². The van der Waals surface area contributed by atoms with E-state index in [4.69, 9.17) is 14.5 Å². The number of methoxy groups -OCH3 is 2. The van der Waals surface area contributed by atoms with Crippen molar-refractivity contribution in [2.75, 3.05) is 20.8 Å². The van der Waals surface area contributed by atoms with Crippen molar-refractivity contribution in [2.45, 2.75) is 45.1 Å². The van der Waals surface area contributed by atoms with Crippen LogP contribution in [0.1, 0.15) is 60.5 Å². The van der Waals surface area contributed by atoms with Crippen LogP contribution in [-0.2, 0) is 6.42 Å². The number of ether oxygens (including phenoxy) is 2. The number of nitrogens with zero attached hydrogens (tertiary/aromatic N) is 4. The highest BCUT2D eigenvalue weighted by molar-refractivity contribution is 5.97. The number of aryl methyl sites for hydroxylation is 1. The molecule has 1 fully saturated rings. The largest absolute Gasteiger partial charge is 0.497 e. The fourth-order valence-corrected chi connectivity index (χ4v) is 4.38. The summed E-state index contributed by atoms with van der Waals surface area (Å²) >= 11 is 0. The molecular weight excluding hydrogens is 416 g/mol. The molecule has 3 heterocycles. The normalized spacial score (nSPS) is 15.8. The predicted molar refractivity (Wildman–Crippen MR) is 126 cm³/mol. The highest BCUT2D eigenvalue weighted by atomic mass is 16.5. The van der Waals surface area contributed by atoms with Crippen molar-refractivity contribution in [1.29, 1.82) is 0 Å². The summed E-state index contributed by atoms with van der Waals surface area (Å²) in [5, 5.41) is 0. The highest BCUT2D eigenvalue weighted by Gasteiger charge is 2.33. The van der Waals surface area contributed by atoms with E-state index in [2.05, 4.69) is 16.9 Å². The first-order valence-electron chi connectivity index (χ1n) is 11.5. The summed E-state index contributed by atoms with van der Waals surface area (Å²) in [6.07, 6.45) is 10.0. The summed E-state index contributed by atoms with van der Waals surface area (Å²) in [6.45, 7) is 2.78. The van der Waals surface area contributed by atoms with E-state index in [1.165, 1.54) is 0 Å². The molecule has 0 aliphatic carbocycles. The summed E-state index contributed by atoms with van der Waals surface area (Å²) in [6, 6.07) is 9.09. The van der Waals surface area contributed by atoms with Crippen LogP contribution in [0.5, 0.6) is 11.5 Å². The van der Waals surface area contributed by atoms with E-state index in [0.717, 1.165) is 54.7 Å². The molecule has 0 unspecified atom stereocenters. The summed E-state index contributed by atoms with van der Waals surface area (Å²) < 4.78 is 10.9. The third kappa shape index (κ3) is 4.82. The first-order chi connectivity index (χ1) is 16.2. The lowest BCUT2D eigenvalue weighted by Crippen LogP contribution is -2.39. The monoisotopic (exact) mass is 446 g/mol. The molecule has 0 saturated carbocycles. The maximum atomic E-state index is 13.8. The zero-order chi connectivity index (χ0) is 23.2. The van der Waals surface area contributed by atoms with Gasteiger partial charge in [-0.15, -0.1) is 0 Å². The first-order valence-corrected chi connectivity index (χ1v) is 11.5. The predicted octanol–water partition coefficient (Wildman–Crippen LogP) is 4.88. The molecule has 1 aromatic carbocycles.